The molecule has 4 nitrogen and oxygen atoms in total. The summed E-state index contributed by atoms with van der Waals surface area (Å²) in [6.07, 6.45) is 5.38. The molecule has 0 aliphatic rings. The number of aromatic amines is 1. The number of rotatable bonds is 4. The van der Waals surface area contributed by atoms with Crippen LogP contribution in [0.15, 0.2) is 35.2 Å². The summed E-state index contributed by atoms with van der Waals surface area (Å²) < 4.78 is 1.00. The van der Waals surface area contributed by atoms with Gasteiger partial charge >= 0.3 is 0 Å². The van der Waals surface area contributed by atoms with Crippen LogP contribution in [0.4, 0.5) is 0 Å². The van der Waals surface area contributed by atoms with Gasteiger partial charge in [-0.15, -0.1) is 0 Å². The summed E-state index contributed by atoms with van der Waals surface area (Å²) >= 11 is 3.39. The number of hydrogen-bond acceptors (Lipinski definition) is 3. The number of hydrogen-bond donors (Lipinski definition) is 2. The molecule has 2 aromatic rings. The molecule has 0 saturated heterocycles. The molecule has 2 rings (SSSR count). The molecule has 15 heavy (non-hydrogen) atoms. The van der Waals surface area contributed by atoms with Crippen molar-refractivity contribution in [2.24, 2.45) is 0 Å². The third-order valence-corrected chi connectivity index (χ3v) is 2.40. The lowest BCUT2D eigenvalue weighted by Crippen LogP contribution is -2.13. The van der Waals surface area contributed by atoms with Gasteiger partial charge in [0, 0.05) is 41.8 Å². The summed E-state index contributed by atoms with van der Waals surface area (Å²) in [5.74, 6) is 0. The molecule has 0 unspecified atom stereocenters. The van der Waals surface area contributed by atoms with E-state index >= 15 is 0 Å². The number of pyridine rings is 1. The van der Waals surface area contributed by atoms with E-state index in [4.69, 9.17) is 0 Å². The van der Waals surface area contributed by atoms with Crippen LogP contribution in [0.1, 0.15) is 11.3 Å². The summed E-state index contributed by atoms with van der Waals surface area (Å²) in [5, 5.41) is 10.1. The third-order valence-electron chi connectivity index (χ3n) is 1.96. The van der Waals surface area contributed by atoms with Crippen LogP contribution < -0.4 is 5.32 Å². The van der Waals surface area contributed by atoms with Crippen LogP contribution >= 0.6 is 15.9 Å². The second-order valence-corrected chi connectivity index (χ2v) is 4.11. The lowest BCUT2D eigenvalue weighted by Gasteiger charge is -2.03. The van der Waals surface area contributed by atoms with Crippen molar-refractivity contribution < 1.29 is 0 Å². The molecule has 0 saturated carbocycles. The van der Waals surface area contributed by atoms with Gasteiger partial charge in [-0.25, -0.2) is 0 Å². The summed E-state index contributed by atoms with van der Waals surface area (Å²) in [6.45, 7) is 1.58. The maximum atomic E-state index is 4.09. The molecule has 2 aromatic heterocycles. The van der Waals surface area contributed by atoms with Crippen LogP contribution in [0.5, 0.6) is 0 Å². The zero-order valence-electron chi connectivity index (χ0n) is 8.07. The van der Waals surface area contributed by atoms with Gasteiger partial charge in [-0.3, -0.25) is 10.1 Å². The smallest absolute Gasteiger partial charge is 0.0490 e. The standard InChI is InChI=1S/C10H11BrN4/c11-9-3-8(4-12-6-9)5-13-7-10-1-2-14-15-10/h1-4,6,13H,5,7H2,(H,14,15). The molecule has 5 heteroatoms. The Morgan fingerprint density at radius 1 is 1.33 bits per heavy atom. The van der Waals surface area contributed by atoms with E-state index in [-0.39, 0.29) is 0 Å². The van der Waals surface area contributed by atoms with Gasteiger partial charge in [-0.2, -0.15) is 5.10 Å². The van der Waals surface area contributed by atoms with Crippen LogP contribution in [-0.4, -0.2) is 15.2 Å². The maximum absolute atomic E-state index is 4.09. The SMILES string of the molecule is Brc1cncc(CNCc2ccn[nH]2)c1. The van der Waals surface area contributed by atoms with Gasteiger partial charge in [0.2, 0.25) is 0 Å². The lowest BCUT2D eigenvalue weighted by molar-refractivity contribution is 0.675. The molecule has 2 heterocycles. The van der Waals surface area contributed by atoms with Crippen molar-refractivity contribution in [3.63, 3.8) is 0 Å². The summed E-state index contributed by atoms with van der Waals surface area (Å²) in [7, 11) is 0. The molecular weight excluding hydrogens is 256 g/mol. The van der Waals surface area contributed by atoms with Crippen molar-refractivity contribution in [1.29, 1.82) is 0 Å². The largest absolute Gasteiger partial charge is 0.307 e. The van der Waals surface area contributed by atoms with Crippen LogP contribution in [0.2, 0.25) is 0 Å². The van der Waals surface area contributed by atoms with E-state index in [1.807, 2.05) is 18.3 Å². The van der Waals surface area contributed by atoms with Crippen molar-refractivity contribution in [2.45, 2.75) is 13.1 Å². The van der Waals surface area contributed by atoms with Gasteiger partial charge in [0.15, 0.2) is 0 Å². The summed E-state index contributed by atoms with van der Waals surface area (Å²) in [6, 6.07) is 4.00. The maximum Gasteiger partial charge on any atom is 0.0490 e. The van der Waals surface area contributed by atoms with Gasteiger partial charge in [-0.1, -0.05) is 0 Å². The zero-order valence-corrected chi connectivity index (χ0v) is 9.66. The number of H-pyrrole nitrogens is 1. The Balaban J connectivity index is 1.83. The predicted molar refractivity (Wildman–Crippen MR) is 61.1 cm³/mol. The number of nitrogens with zero attached hydrogens (tertiary/aromatic N) is 2. The molecule has 2 N–H and O–H groups in total. The quantitative estimate of drug-likeness (QED) is 0.889. The highest BCUT2D eigenvalue weighted by atomic mass is 79.9. The molecule has 0 fully saturated rings. The molecule has 0 aromatic carbocycles. The number of aromatic nitrogens is 3. The van der Waals surface area contributed by atoms with Crippen LogP contribution in [0.25, 0.3) is 0 Å². The average Bonchev–Trinajstić information content (AvgIpc) is 2.71. The second-order valence-electron chi connectivity index (χ2n) is 3.20. The van der Waals surface area contributed by atoms with Gasteiger partial charge < -0.3 is 5.32 Å². The first-order valence-corrected chi connectivity index (χ1v) is 5.42. The van der Waals surface area contributed by atoms with E-state index in [0.29, 0.717) is 0 Å². The fraction of sp³-hybridized carbons (Fsp3) is 0.200. The van der Waals surface area contributed by atoms with Crippen molar-refractivity contribution in [1.82, 2.24) is 20.5 Å². The van der Waals surface area contributed by atoms with E-state index in [1.54, 1.807) is 12.4 Å². The zero-order chi connectivity index (χ0) is 10.5. The minimum Gasteiger partial charge on any atom is -0.307 e. The first kappa shape index (κ1) is 10.3. The van der Waals surface area contributed by atoms with Gasteiger partial charge in [0.05, 0.1) is 0 Å². The highest BCUT2D eigenvalue weighted by molar-refractivity contribution is 9.10. The second kappa shape index (κ2) is 5.04. The van der Waals surface area contributed by atoms with Gasteiger partial charge in [0.25, 0.3) is 0 Å². The highest BCUT2D eigenvalue weighted by Gasteiger charge is 1.96. The van der Waals surface area contributed by atoms with E-state index in [2.05, 4.69) is 36.4 Å². The Bertz CT molecular complexity index is 413. The van der Waals surface area contributed by atoms with Crippen molar-refractivity contribution >= 4 is 15.9 Å². The van der Waals surface area contributed by atoms with Crippen LogP contribution in [-0.2, 0) is 13.1 Å². The molecule has 0 radical (unpaired) electrons. The molecule has 0 spiro atoms. The monoisotopic (exact) mass is 266 g/mol. The molecular formula is C10H11BrN4. The van der Waals surface area contributed by atoms with E-state index in [1.165, 1.54) is 0 Å². The fourth-order valence-electron chi connectivity index (χ4n) is 1.28. The molecule has 0 bridgehead atoms. The van der Waals surface area contributed by atoms with Crippen molar-refractivity contribution in [3.8, 4) is 0 Å². The normalized spacial score (nSPS) is 10.5. The first-order valence-electron chi connectivity index (χ1n) is 4.63. The van der Waals surface area contributed by atoms with Crippen LogP contribution in [0.3, 0.4) is 0 Å². The summed E-state index contributed by atoms with van der Waals surface area (Å²) in [4.78, 5) is 4.09. The topological polar surface area (TPSA) is 53.6 Å². The number of nitrogens with one attached hydrogen (secondary N) is 2. The Labute approximate surface area is 96.3 Å². The fourth-order valence-corrected chi connectivity index (χ4v) is 1.69. The molecule has 0 atom stereocenters. The Morgan fingerprint density at radius 3 is 3.00 bits per heavy atom. The van der Waals surface area contributed by atoms with Crippen molar-refractivity contribution in [2.75, 3.05) is 0 Å². The molecule has 0 aliphatic heterocycles. The summed E-state index contributed by atoms with van der Waals surface area (Å²) in [5.41, 5.74) is 2.24. The Kier molecular flexibility index (Phi) is 3.47. The van der Waals surface area contributed by atoms with Crippen LogP contribution in [0, 0.1) is 0 Å². The van der Waals surface area contributed by atoms with E-state index < -0.39 is 0 Å². The van der Waals surface area contributed by atoms with Gasteiger partial charge in [-0.05, 0) is 33.6 Å². The van der Waals surface area contributed by atoms with Gasteiger partial charge in [0.1, 0.15) is 0 Å². The average molecular weight is 267 g/mol. The number of halogens is 1. The highest BCUT2D eigenvalue weighted by Crippen LogP contribution is 2.09. The molecule has 0 amide bonds. The third kappa shape index (κ3) is 3.14. The van der Waals surface area contributed by atoms with E-state index in [9.17, 15) is 0 Å². The van der Waals surface area contributed by atoms with E-state index in [0.717, 1.165) is 28.8 Å². The Morgan fingerprint density at radius 2 is 2.27 bits per heavy atom. The predicted octanol–water partition coefficient (Wildman–Crippen LogP) is 1.86. The van der Waals surface area contributed by atoms with Crippen molar-refractivity contribution in [3.05, 3.63) is 46.5 Å². The molecule has 78 valence electrons. The minimum atomic E-state index is 0.784. The minimum absolute atomic E-state index is 0.784. The lowest BCUT2D eigenvalue weighted by atomic mass is 10.3. The Hall–Kier alpha value is -1.20. The first-order chi connectivity index (χ1) is 7.34. The molecule has 0 aliphatic carbocycles.